The van der Waals surface area contributed by atoms with E-state index in [1.165, 1.54) is 12.1 Å². The van der Waals surface area contributed by atoms with E-state index in [2.05, 4.69) is 5.32 Å². The summed E-state index contributed by atoms with van der Waals surface area (Å²) in [6.07, 6.45) is 1.32. The van der Waals surface area contributed by atoms with Gasteiger partial charge in [0.05, 0.1) is 16.7 Å². The summed E-state index contributed by atoms with van der Waals surface area (Å²) in [6, 6.07) is 3.18. The molecular formula is C15H18FNO4. The Bertz CT molecular complexity index is 571. The summed E-state index contributed by atoms with van der Waals surface area (Å²) in [5.41, 5.74) is -0.650. The lowest BCUT2D eigenvalue weighted by Gasteiger charge is -2.35. The number of benzene rings is 1. The Morgan fingerprint density at radius 1 is 1.43 bits per heavy atom. The predicted molar refractivity (Wildman–Crippen MR) is 73.9 cm³/mol. The molecule has 1 unspecified atom stereocenters. The van der Waals surface area contributed by atoms with Crippen LogP contribution in [0.3, 0.4) is 0 Å². The van der Waals surface area contributed by atoms with Gasteiger partial charge in [0.15, 0.2) is 0 Å². The van der Waals surface area contributed by atoms with Crippen molar-refractivity contribution < 1.29 is 23.8 Å². The second kappa shape index (κ2) is 5.81. The van der Waals surface area contributed by atoms with Crippen LogP contribution >= 0.6 is 0 Å². The molecule has 1 aliphatic rings. The fourth-order valence-electron chi connectivity index (χ4n) is 2.45. The van der Waals surface area contributed by atoms with Crippen molar-refractivity contribution in [1.82, 2.24) is 5.32 Å². The van der Waals surface area contributed by atoms with Crippen molar-refractivity contribution in [2.45, 2.75) is 38.3 Å². The third-order valence-electron chi connectivity index (χ3n) is 3.49. The quantitative estimate of drug-likeness (QED) is 0.896. The molecule has 5 nitrogen and oxygen atoms in total. The van der Waals surface area contributed by atoms with Crippen LogP contribution in [0.1, 0.15) is 47.4 Å². The van der Waals surface area contributed by atoms with Gasteiger partial charge in [0.1, 0.15) is 5.82 Å². The Kier molecular flexibility index (Phi) is 4.27. The molecule has 0 saturated carbocycles. The molecular weight excluding hydrogens is 277 g/mol. The number of rotatable bonds is 3. The van der Waals surface area contributed by atoms with Crippen LogP contribution in [0.2, 0.25) is 0 Å². The van der Waals surface area contributed by atoms with E-state index in [0.29, 0.717) is 19.4 Å². The number of carbonyl (C=O) groups excluding carboxylic acids is 1. The van der Waals surface area contributed by atoms with Crippen LogP contribution < -0.4 is 5.32 Å². The Hall–Kier alpha value is -1.95. The van der Waals surface area contributed by atoms with Gasteiger partial charge in [-0.15, -0.1) is 0 Å². The van der Waals surface area contributed by atoms with E-state index in [1.807, 2.05) is 13.8 Å². The minimum absolute atomic E-state index is 0.0835. The largest absolute Gasteiger partial charge is 0.478 e. The van der Waals surface area contributed by atoms with Crippen LogP contribution in [0.15, 0.2) is 18.2 Å². The third-order valence-corrected chi connectivity index (χ3v) is 3.49. The summed E-state index contributed by atoms with van der Waals surface area (Å²) in [5.74, 6) is -2.60. The number of ether oxygens (including phenoxy) is 1. The lowest BCUT2D eigenvalue weighted by Crippen LogP contribution is -2.46. The van der Waals surface area contributed by atoms with Gasteiger partial charge < -0.3 is 15.2 Å². The Labute approximate surface area is 122 Å². The normalized spacial score (nSPS) is 20.8. The van der Waals surface area contributed by atoms with Crippen molar-refractivity contribution >= 4 is 11.9 Å². The van der Waals surface area contributed by atoms with Crippen molar-refractivity contribution in [3.8, 4) is 0 Å². The Morgan fingerprint density at radius 3 is 2.71 bits per heavy atom. The van der Waals surface area contributed by atoms with Crippen molar-refractivity contribution in [3.05, 3.63) is 35.1 Å². The molecule has 0 aromatic heterocycles. The molecule has 1 atom stereocenters. The highest BCUT2D eigenvalue weighted by atomic mass is 19.1. The van der Waals surface area contributed by atoms with Crippen molar-refractivity contribution in [2.75, 3.05) is 6.61 Å². The van der Waals surface area contributed by atoms with E-state index in [0.717, 1.165) is 6.07 Å². The molecule has 0 aliphatic carbocycles. The fraction of sp³-hybridized carbons (Fsp3) is 0.467. The standard InChI is InChI=1S/C15H18FNO4/c1-15(2)8-10(5-6-21-15)17-13(18)11-4-3-9(14(19)20)7-12(11)16/h3-4,7,10H,5-6,8H2,1-2H3,(H,17,18)(H,19,20). The Morgan fingerprint density at radius 2 is 2.14 bits per heavy atom. The topological polar surface area (TPSA) is 75.6 Å². The van der Waals surface area contributed by atoms with Crippen LogP contribution in [0.4, 0.5) is 4.39 Å². The van der Waals surface area contributed by atoms with Gasteiger partial charge in [-0.1, -0.05) is 0 Å². The first kappa shape index (κ1) is 15.4. The van der Waals surface area contributed by atoms with Crippen LogP contribution in [0.5, 0.6) is 0 Å². The van der Waals surface area contributed by atoms with E-state index in [9.17, 15) is 14.0 Å². The lowest BCUT2D eigenvalue weighted by molar-refractivity contribution is -0.0615. The van der Waals surface area contributed by atoms with Gasteiger partial charge in [0, 0.05) is 12.6 Å². The maximum atomic E-state index is 13.8. The molecule has 0 bridgehead atoms. The van der Waals surface area contributed by atoms with Crippen LogP contribution in [0, 0.1) is 5.82 Å². The second-order valence-electron chi connectivity index (χ2n) is 5.77. The lowest BCUT2D eigenvalue weighted by atomic mass is 9.93. The number of halogens is 1. The molecule has 1 aliphatic heterocycles. The minimum atomic E-state index is -1.23. The zero-order valence-corrected chi connectivity index (χ0v) is 12.0. The molecule has 114 valence electrons. The van der Waals surface area contributed by atoms with E-state index < -0.39 is 17.7 Å². The molecule has 1 amide bonds. The number of amides is 1. The predicted octanol–water partition coefficient (Wildman–Crippen LogP) is 2.21. The zero-order valence-electron chi connectivity index (χ0n) is 12.0. The molecule has 1 fully saturated rings. The molecule has 2 rings (SSSR count). The SMILES string of the molecule is CC1(C)CC(NC(=O)c2ccc(C(=O)O)cc2F)CCO1. The van der Waals surface area contributed by atoms with Gasteiger partial charge in [-0.3, -0.25) is 4.79 Å². The Balaban J connectivity index is 2.08. The van der Waals surface area contributed by atoms with E-state index in [-0.39, 0.29) is 22.8 Å². The fourth-order valence-corrected chi connectivity index (χ4v) is 2.45. The number of hydrogen-bond donors (Lipinski definition) is 2. The monoisotopic (exact) mass is 295 g/mol. The molecule has 21 heavy (non-hydrogen) atoms. The second-order valence-corrected chi connectivity index (χ2v) is 5.77. The number of carbonyl (C=O) groups is 2. The summed E-state index contributed by atoms with van der Waals surface area (Å²) in [5, 5.41) is 11.6. The first-order valence-electron chi connectivity index (χ1n) is 6.76. The summed E-state index contributed by atoms with van der Waals surface area (Å²) in [4.78, 5) is 22.8. The number of carboxylic acid groups (broad SMARTS) is 1. The van der Waals surface area contributed by atoms with Crippen LogP contribution in [-0.2, 0) is 4.74 Å². The van der Waals surface area contributed by atoms with Crippen LogP contribution in [-0.4, -0.2) is 35.2 Å². The van der Waals surface area contributed by atoms with Gasteiger partial charge in [0.2, 0.25) is 0 Å². The summed E-state index contributed by atoms with van der Waals surface area (Å²) in [7, 11) is 0. The molecule has 0 radical (unpaired) electrons. The number of aromatic carboxylic acids is 1. The summed E-state index contributed by atoms with van der Waals surface area (Å²) < 4.78 is 19.4. The van der Waals surface area contributed by atoms with Gasteiger partial charge >= 0.3 is 5.97 Å². The minimum Gasteiger partial charge on any atom is -0.478 e. The average molecular weight is 295 g/mol. The highest BCUT2D eigenvalue weighted by Crippen LogP contribution is 2.24. The van der Waals surface area contributed by atoms with Gasteiger partial charge in [-0.25, -0.2) is 9.18 Å². The van der Waals surface area contributed by atoms with Crippen LogP contribution in [0.25, 0.3) is 0 Å². The number of nitrogens with one attached hydrogen (secondary N) is 1. The van der Waals surface area contributed by atoms with E-state index in [4.69, 9.17) is 9.84 Å². The summed E-state index contributed by atoms with van der Waals surface area (Å²) >= 11 is 0. The first-order valence-corrected chi connectivity index (χ1v) is 6.76. The molecule has 2 N–H and O–H groups in total. The van der Waals surface area contributed by atoms with E-state index >= 15 is 0 Å². The molecule has 1 aromatic carbocycles. The summed E-state index contributed by atoms with van der Waals surface area (Å²) in [6.45, 7) is 4.42. The average Bonchev–Trinajstić information content (AvgIpc) is 2.36. The molecule has 6 heteroatoms. The molecule has 0 spiro atoms. The highest BCUT2D eigenvalue weighted by molar-refractivity contribution is 5.96. The number of carboxylic acids is 1. The highest BCUT2D eigenvalue weighted by Gasteiger charge is 2.30. The maximum Gasteiger partial charge on any atom is 0.335 e. The van der Waals surface area contributed by atoms with Gasteiger partial charge in [-0.05, 0) is 44.9 Å². The first-order chi connectivity index (χ1) is 9.78. The maximum absolute atomic E-state index is 13.8. The molecule has 1 saturated heterocycles. The van der Waals surface area contributed by atoms with E-state index in [1.54, 1.807) is 0 Å². The number of hydrogen-bond acceptors (Lipinski definition) is 3. The van der Waals surface area contributed by atoms with Crippen molar-refractivity contribution in [1.29, 1.82) is 0 Å². The van der Waals surface area contributed by atoms with Gasteiger partial charge in [0.25, 0.3) is 5.91 Å². The van der Waals surface area contributed by atoms with Crippen molar-refractivity contribution in [2.24, 2.45) is 0 Å². The zero-order chi connectivity index (χ0) is 15.6. The smallest absolute Gasteiger partial charge is 0.335 e. The van der Waals surface area contributed by atoms with Gasteiger partial charge in [-0.2, -0.15) is 0 Å². The third kappa shape index (κ3) is 3.78. The molecule has 1 heterocycles. The van der Waals surface area contributed by atoms with Crippen molar-refractivity contribution in [3.63, 3.8) is 0 Å². The molecule has 1 aromatic rings.